The molecule has 23 heavy (non-hydrogen) atoms. The van der Waals surface area contributed by atoms with Gasteiger partial charge in [0.1, 0.15) is 12.0 Å². The van der Waals surface area contributed by atoms with Crippen LogP contribution in [0.25, 0.3) is 16.6 Å². The summed E-state index contributed by atoms with van der Waals surface area (Å²) in [6.07, 6.45) is 11.3. The summed E-state index contributed by atoms with van der Waals surface area (Å²) in [4.78, 5) is 20.4. The third-order valence-corrected chi connectivity index (χ3v) is 4.43. The number of H-pyrrole nitrogens is 1. The summed E-state index contributed by atoms with van der Waals surface area (Å²) in [5, 5.41) is 0.955. The van der Waals surface area contributed by atoms with Crippen molar-refractivity contribution in [3.05, 3.63) is 30.5 Å². The zero-order chi connectivity index (χ0) is 16.1. The van der Waals surface area contributed by atoms with E-state index in [1.165, 1.54) is 0 Å². The van der Waals surface area contributed by atoms with Crippen LogP contribution in [0.2, 0.25) is 0 Å². The van der Waals surface area contributed by atoms with Gasteiger partial charge in [-0.2, -0.15) is 0 Å². The van der Waals surface area contributed by atoms with Crippen molar-refractivity contribution in [2.75, 3.05) is 6.54 Å². The smallest absolute Gasteiger partial charge is 0.141 e. The number of hydrogen-bond acceptors (Lipinski definition) is 5. The Labute approximate surface area is 135 Å². The monoisotopic (exact) mass is 310 g/mol. The second-order valence-electron chi connectivity index (χ2n) is 5.94. The van der Waals surface area contributed by atoms with Crippen molar-refractivity contribution in [3.63, 3.8) is 0 Å². The molecule has 120 valence electrons. The van der Waals surface area contributed by atoms with Crippen LogP contribution < -0.4 is 5.73 Å². The molecule has 1 aliphatic rings. The Morgan fingerprint density at radius 3 is 2.91 bits per heavy atom. The highest BCUT2D eigenvalue weighted by molar-refractivity contribution is 6.13. The van der Waals surface area contributed by atoms with Gasteiger partial charge in [0, 0.05) is 42.2 Å². The van der Waals surface area contributed by atoms with Gasteiger partial charge >= 0.3 is 0 Å². The van der Waals surface area contributed by atoms with Crippen LogP contribution in [0.5, 0.6) is 0 Å². The van der Waals surface area contributed by atoms with Crippen molar-refractivity contribution in [1.82, 2.24) is 15.0 Å². The standard InChI is InChI=1S/C17H22N6/c1-19-9-12-2-4-14(5-3-12)21-10-13(8-18)16-15-6-7-20-17(15)23-11-22-16/h6-8,10-12,14H,1-5,9,18H2,(H,20,22,23). The summed E-state index contributed by atoms with van der Waals surface area (Å²) < 4.78 is 0. The fraction of sp³-hybridized carbons (Fsp3) is 0.412. The van der Waals surface area contributed by atoms with Crippen LogP contribution in [0.3, 0.4) is 0 Å². The highest BCUT2D eigenvalue weighted by Gasteiger charge is 2.20. The minimum absolute atomic E-state index is 0.356. The molecule has 6 nitrogen and oxygen atoms in total. The minimum Gasteiger partial charge on any atom is -0.404 e. The number of allylic oxidation sites excluding steroid dienone is 1. The highest BCUT2D eigenvalue weighted by Crippen LogP contribution is 2.27. The average molecular weight is 310 g/mol. The van der Waals surface area contributed by atoms with E-state index in [1.807, 2.05) is 18.5 Å². The third-order valence-electron chi connectivity index (χ3n) is 4.43. The lowest BCUT2D eigenvalue weighted by atomic mass is 9.86. The molecule has 0 aliphatic heterocycles. The largest absolute Gasteiger partial charge is 0.404 e. The Bertz CT molecular complexity index is 722. The van der Waals surface area contributed by atoms with E-state index in [9.17, 15) is 0 Å². The van der Waals surface area contributed by atoms with Crippen molar-refractivity contribution in [2.24, 2.45) is 21.6 Å². The van der Waals surface area contributed by atoms with Crippen LogP contribution in [0.1, 0.15) is 31.4 Å². The molecule has 0 atom stereocenters. The number of nitrogens with zero attached hydrogens (tertiary/aromatic N) is 4. The van der Waals surface area contributed by atoms with Gasteiger partial charge in [0.25, 0.3) is 0 Å². The number of aromatic nitrogens is 3. The molecule has 3 rings (SSSR count). The molecule has 6 heteroatoms. The molecule has 2 heterocycles. The molecule has 2 aromatic heterocycles. The first-order chi connectivity index (χ1) is 11.3. The topological polar surface area (TPSA) is 92.3 Å². The van der Waals surface area contributed by atoms with E-state index in [2.05, 4.69) is 26.7 Å². The van der Waals surface area contributed by atoms with Gasteiger partial charge in [-0.05, 0) is 44.4 Å². The SMILES string of the molecule is C=NCC1CCC(N=CC(=CN)c2ncnc3[nH]ccc23)CC1. The number of aliphatic imine (C=N–C) groups is 2. The first kappa shape index (κ1) is 15.4. The zero-order valence-corrected chi connectivity index (χ0v) is 13.2. The molecule has 0 saturated heterocycles. The number of hydrogen-bond donors (Lipinski definition) is 2. The Morgan fingerprint density at radius 1 is 1.35 bits per heavy atom. The maximum atomic E-state index is 5.80. The van der Waals surface area contributed by atoms with Crippen molar-refractivity contribution in [3.8, 4) is 0 Å². The molecule has 0 unspecified atom stereocenters. The molecule has 0 spiro atoms. The van der Waals surface area contributed by atoms with Crippen LogP contribution in [0.15, 0.2) is 34.8 Å². The van der Waals surface area contributed by atoms with Crippen LogP contribution in [0.4, 0.5) is 0 Å². The maximum Gasteiger partial charge on any atom is 0.141 e. The van der Waals surface area contributed by atoms with E-state index in [-0.39, 0.29) is 0 Å². The Hall–Kier alpha value is -2.50. The normalized spacial score (nSPS) is 22.7. The molecule has 0 aromatic carbocycles. The Kier molecular flexibility index (Phi) is 4.80. The number of aromatic amines is 1. The molecule has 0 bridgehead atoms. The fourth-order valence-electron chi connectivity index (χ4n) is 3.13. The maximum absolute atomic E-state index is 5.80. The zero-order valence-electron chi connectivity index (χ0n) is 13.2. The van der Waals surface area contributed by atoms with Gasteiger partial charge in [0.05, 0.1) is 5.69 Å². The summed E-state index contributed by atoms with van der Waals surface area (Å²) in [5.74, 6) is 0.671. The van der Waals surface area contributed by atoms with E-state index in [1.54, 1.807) is 12.5 Å². The summed E-state index contributed by atoms with van der Waals surface area (Å²) in [6, 6.07) is 2.31. The summed E-state index contributed by atoms with van der Waals surface area (Å²) in [7, 11) is 0. The summed E-state index contributed by atoms with van der Waals surface area (Å²) >= 11 is 0. The van der Waals surface area contributed by atoms with E-state index in [0.717, 1.165) is 54.5 Å². The van der Waals surface area contributed by atoms with E-state index >= 15 is 0 Å². The highest BCUT2D eigenvalue weighted by atomic mass is 14.9. The van der Waals surface area contributed by atoms with E-state index < -0.39 is 0 Å². The Morgan fingerprint density at radius 2 is 2.17 bits per heavy atom. The van der Waals surface area contributed by atoms with Gasteiger partial charge in [-0.25, -0.2) is 9.97 Å². The number of nitrogens with one attached hydrogen (secondary N) is 1. The molecule has 0 amide bonds. The lowest BCUT2D eigenvalue weighted by molar-refractivity contribution is 0.336. The average Bonchev–Trinajstić information content (AvgIpc) is 3.06. The lowest BCUT2D eigenvalue weighted by Gasteiger charge is -2.24. The van der Waals surface area contributed by atoms with Gasteiger partial charge in [-0.1, -0.05) is 0 Å². The summed E-state index contributed by atoms with van der Waals surface area (Å²) in [6.45, 7) is 4.45. The molecule has 0 radical (unpaired) electrons. The van der Waals surface area contributed by atoms with E-state index in [0.29, 0.717) is 12.0 Å². The van der Waals surface area contributed by atoms with Gasteiger partial charge < -0.3 is 15.7 Å². The number of rotatable bonds is 5. The third kappa shape index (κ3) is 3.47. The molecule has 1 saturated carbocycles. The van der Waals surface area contributed by atoms with Crippen LogP contribution in [-0.2, 0) is 0 Å². The number of fused-ring (bicyclic) bond motifs is 1. The first-order valence-electron chi connectivity index (χ1n) is 7.98. The molecule has 3 N–H and O–H groups in total. The van der Waals surface area contributed by atoms with Crippen molar-refractivity contribution < 1.29 is 0 Å². The van der Waals surface area contributed by atoms with E-state index in [4.69, 9.17) is 10.7 Å². The van der Waals surface area contributed by atoms with Crippen molar-refractivity contribution >= 4 is 29.5 Å². The predicted octanol–water partition coefficient (Wildman–Crippen LogP) is 2.59. The predicted molar refractivity (Wildman–Crippen MR) is 94.7 cm³/mol. The van der Waals surface area contributed by atoms with Gasteiger partial charge in [0.15, 0.2) is 0 Å². The lowest BCUT2D eigenvalue weighted by Crippen LogP contribution is -2.19. The Balaban J connectivity index is 1.71. The molecular formula is C17H22N6. The quantitative estimate of drug-likeness (QED) is 0.831. The van der Waals surface area contributed by atoms with Crippen molar-refractivity contribution in [1.29, 1.82) is 0 Å². The van der Waals surface area contributed by atoms with Gasteiger partial charge in [0.2, 0.25) is 0 Å². The molecule has 1 aliphatic carbocycles. The minimum atomic E-state index is 0.356. The molecule has 1 fully saturated rings. The van der Waals surface area contributed by atoms with Gasteiger partial charge in [-0.3, -0.25) is 4.99 Å². The van der Waals surface area contributed by atoms with Crippen LogP contribution in [0, 0.1) is 5.92 Å². The van der Waals surface area contributed by atoms with Crippen molar-refractivity contribution in [2.45, 2.75) is 31.7 Å². The van der Waals surface area contributed by atoms with Gasteiger partial charge in [-0.15, -0.1) is 0 Å². The fourth-order valence-corrected chi connectivity index (χ4v) is 3.13. The van der Waals surface area contributed by atoms with Crippen LogP contribution >= 0.6 is 0 Å². The molecular weight excluding hydrogens is 288 g/mol. The second-order valence-corrected chi connectivity index (χ2v) is 5.94. The second kappa shape index (κ2) is 7.17. The first-order valence-corrected chi connectivity index (χ1v) is 7.98. The van der Waals surface area contributed by atoms with Crippen LogP contribution in [-0.4, -0.2) is 40.5 Å². The summed E-state index contributed by atoms with van der Waals surface area (Å²) in [5.41, 5.74) is 8.24. The molecule has 2 aromatic rings. The number of nitrogens with two attached hydrogens (primary N) is 1.